The van der Waals surface area contributed by atoms with Gasteiger partial charge in [-0.2, -0.15) is 8.42 Å². The van der Waals surface area contributed by atoms with Crippen molar-refractivity contribution in [3.05, 3.63) is 0 Å². The van der Waals surface area contributed by atoms with Crippen molar-refractivity contribution in [2.45, 2.75) is 31.9 Å². The van der Waals surface area contributed by atoms with Crippen LogP contribution in [0, 0.1) is 5.92 Å². The van der Waals surface area contributed by atoms with Crippen molar-refractivity contribution in [2.24, 2.45) is 5.92 Å². The molecule has 0 bridgehead atoms. The van der Waals surface area contributed by atoms with Crippen LogP contribution >= 0.6 is 0 Å². The van der Waals surface area contributed by atoms with Crippen molar-refractivity contribution in [2.75, 3.05) is 12.9 Å². The van der Waals surface area contributed by atoms with Gasteiger partial charge in [0.25, 0.3) is 10.1 Å². The molecule has 0 spiro atoms. The molecular weight excluding hydrogens is 195 g/mol. The van der Waals surface area contributed by atoms with Gasteiger partial charge in [-0.3, -0.25) is 4.18 Å². The van der Waals surface area contributed by atoms with Crippen molar-refractivity contribution in [3.63, 3.8) is 0 Å². The van der Waals surface area contributed by atoms with E-state index >= 15 is 0 Å². The summed E-state index contributed by atoms with van der Waals surface area (Å²) in [6, 6.07) is 0. The summed E-state index contributed by atoms with van der Waals surface area (Å²) in [5, 5.41) is 0. The van der Waals surface area contributed by atoms with Crippen LogP contribution in [-0.4, -0.2) is 27.5 Å². The smallest absolute Gasteiger partial charge is 0.264 e. The zero-order chi connectivity index (χ0) is 9.90. The monoisotopic (exact) mass is 210 g/mol. The van der Waals surface area contributed by atoms with E-state index < -0.39 is 16.3 Å². The maximum Gasteiger partial charge on any atom is 0.264 e. The van der Waals surface area contributed by atoms with E-state index in [-0.39, 0.29) is 12.5 Å². The van der Waals surface area contributed by atoms with Crippen molar-refractivity contribution < 1.29 is 17.0 Å². The Labute approximate surface area is 78.4 Å². The molecule has 0 radical (unpaired) electrons. The molecule has 78 valence electrons. The molecular formula is C8H15FO3S. The van der Waals surface area contributed by atoms with Crippen molar-refractivity contribution in [1.29, 1.82) is 0 Å². The molecule has 0 unspecified atom stereocenters. The lowest BCUT2D eigenvalue weighted by Crippen LogP contribution is -2.20. The van der Waals surface area contributed by atoms with E-state index in [1.165, 1.54) is 0 Å². The van der Waals surface area contributed by atoms with Crippen LogP contribution in [0.5, 0.6) is 0 Å². The highest BCUT2D eigenvalue weighted by Gasteiger charge is 2.21. The van der Waals surface area contributed by atoms with Crippen LogP contribution in [0.15, 0.2) is 0 Å². The van der Waals surface area contributed by atoms with Gasteiger partial charge in [-0.15, -0.1) is 0 Å². The highest BCUT2D eigenvalue weighted by molar-refractivity contribution is 7.85. The highest BCUT2D eigenvalue weighted by Crippen LogP contribution is 2.26. The third-order valence-corrected chi connectivity index (χ3v) is 2.86. The summed E-state index contributed by atoms with van der Waals surface area (Å²) in [6.45, 7) is 0.214. The lowest BCUT2D eigenvalue weighted by atomic mass is 9.89. The Bertz CT molecular complexity index is 242. The SMILES string of the molecule is CS(=O)(=O)OCC1CCC(F)CC1. The fourth-order valence-corrected chi connectivity index (χ4v) is 1.95. The second-order valence-corrected chi connectivity index (χ2v) is 5.25. The van der Waals surface area contributed by atoms with Gasteiger partial charge in [0, 0.05) is 0 Å². The van der Waals surface area contributed by atoms with Crippen LogP contribution in [-0.2, 0) is 14.3 Å². The van der Waals surface area contributed by atoms with Crippen LogP contribution in [0.1, 0.15) is 25.7 Å². The molecule has 0 heterocycles. The Morgan fingerprint density at radius 2 is 1.85 bits per heavy atom. The molecule has 5 heteroatoms. The fraction of sp³-hybridized carbons (Fsp3) is 1.00. The zero-order valence-electron chi connectivity index (χ0n) is 7.70. The Balaban J connectivity index is 2.24. The molecule has 1 fully saturated rings. The van der Waals surface area contributed by atoms with E-state index in [0.717, 1.165) is 19.1 Å². The second-order valence-electron chi connectivity index (χ2n) is 3.61. The average Bonchev–Trinajstić information content (AvgIpc) is 2.02. The first kappa shape index (κ1) is 10.9. The van der Waals surface area contributed by atoms with E-state index in [2.05, 4.69) is 4.18 Å². The summed E-state index contributed by atoms with van der Waals surface area (Å²) in [5.74, 6) is 0.210. The van der Waals surface area contributed by atoms with Crippen LogP contribution in [0.3, 0.4) is 0 Å². The van der Waals surface area contributed by atoms with Gasteiger partial charge in [0.2, 0.25) is 0 Å². The van der Waals surface area contributed by atoms with Gasteiger partial charge in [-0.25, -0.2) is 4.39 Å². The van der Waals surface area contributed by atoms with Crippen LogP contribution in [0.4, 0.5) is 4.39 Å². The first-order valence-corrected chi connectivity index (χ1v) is 6.27. The Kier molecular flexibility index (Phi) is 3.67. The molecule has 0 aromatic carbocycles. The molecule has 1 rings (SSSR count). The molecule has 3 nitrogen and oxygen atoms in total. The minimum atomic E-state index is -3.33. The maximum atomic E-state index is 12.7. The summed E-state index contributed by atoms with van der Waals surface area (Å²) in [5.41, 5.74) is 0. The van der Waals surface area contributed by atoms with E-state index in [0.29, 0.717) is 12.8 Å². The highest BCUT2D eigenvalue weighted by atomic mass is 32.2. The largest absolute Gasteiger partial charge is 0.270 e. The molecule has 0 saturated heterocycles. The molecule has 1 aliphatic carbocycles. The standard InChI is InChI=1S/C8H15FO3S/c1-13(10,11)12-6-7-2-4-8(9)5-3-7/h7-8H,2-6H2,1H3. The summed E-state index contributed by atoms with van der Waals surface area (Å²) >= 11 is 0. The van der Waals surface area contributed by atoms with Crippen molar-refractivity contribution in [1.82, 2.24) is 0 Å². The molecule has 0 N–H and O–H groups in total. The first-order valence-electron chi connectivity index (χ1n) is 4.46. The predicted octanol–water partition coefficient (Wildman–Crippen LogP) is 1.49. The lowest BCUT2D eigenvalue weighted by Gasteiger charge is -2.23. The summed E-state index contributed by atoms with van der Waals surface area (Å²) in [6.07, 6.45) is 2.88. The molecule has 13 heavy (non-hydrogen) atoms. The quantitative estimate of drug-likeness (QED) is 0.663. The third kappa shape index (κ3) is 4.57. The number of hydrogen-bond acceptors (Lipinski definition) is 3. The van der Waals surface area contributed by atoms with Crippen molar-refractivity contribution in [3.8, 4) is 0 Å². The molecule has 0 atom stereocenters. The van der Waals surface area contributed by atoms with E-state index in [1.807, 2.05) is 0 Å². The normalized spacial score (nSPS) is 30.3. The van der Waals surface area contributed by atoms with E-state index in [9.17, 15) is 12.8 Å². The minimum Gasteiger partial charge on any atom is -0.270 e. The molecule has 1 saturated carbocycles. The van der Waals surface area contributed by atoms with Crippen LogP contribution < -0.4 is 0 Å². The van der Waals surface area contributed by atoms with Crippen LogP contribution in [0.25, 0.3) is 0 Å². The summed E-state index contributed by atoms with van der Waals surface area (Å²) in [7, 11) is -3.33. The van der Waals surface area contributed by atoms with Crippen LogP contribution in [0.2, 0.25) is 0 Å². The number of alkyl halides is 1. The summed E-state index contributed by atoms with van der Waals surface area (Å²) in [4.78, 5) is 0. The predicted molar refractivity (Wildman–Crippen MR) is 47.6 cm³/mol. The van der Waals surface area contributed by atoms with Gasteiger partial charge >= 0.3 is 0 Å². The number of hydrogen-bond donors (Lipinski definition) is 0. The van der Waals surface area contributed by atoms with Gasteiger partial charge in [0.05, 0.1) is 12.9 Å². The van der Waals surface area contributed by atoms with Gasteiger partial charge in [0.1, 0.15) is 6.17 Å². The second kappa shape index (κ2) is 4.37. The third-order valence-electron chi connectivity index (χ3n) is 2.29. The van der Waals surface area contributed by atoms with Gasteiger partial charge in [0.15, 0.2) is 0 Å². The summed E-state index contributed by atoms with van der Waals surface area (Å²) < 4.78 is 38.6. The minimum absolute atomic E-state index is 0.210. The fourth-order valence-electron chi connectivity index (χ4n) is 1.51. The first-order chi connectivity index (χ1) is 5.97. The Morgan fingerprint density at radius 1 is 1.31 bits per heavy atom. The van der Waals surface area contributed by atoms with Gasteiger partial charge in [-0.05, 0) is 31.6 Å². The van der Waals surface area contributed by atoms with Crippen molar-refractivity contribution >= 4 is 10.1 Å². The molecule has 0 aromatic heterocycles. The van der Waals surface area contributed by atoms with Gasteiger partial charge < -0.3 is 0 Å². The average molecular weight is 210 g/mol. The molecule has 0 amide bonds. The zero-order valence-corrected chi connectivity index (χ0v) is 8.52. The molecule has 1 aliphatic rings. The number of rotatable bonds is 3. The Morgan fingerprint density at radius 3 is 2.31 bits per heavy atom. The molecule has 0 aliphatic heterocycles. The molecule has 0 aromatic rings. The maximum absolute atomic E-state index is 12.7. The number of halogens is 1. The van der Waals surface area contributed by atoms with E-state index in [4.69, 9.17) is 0 Å². The lowest BCUT2D eigenvalue weighted by molar-refractivity contribution is 0.161. The van der Waals surface area contributed by atoms with Gasteiger partial charge in [-0.1, -0.05) is 0 Å². The van der Waals surface area contributed by atoms with E-state index in [1.54, 1.807) is 0 Å². The topological polar surface area (TPSA) is 43.4 Å². The Hall–Kier alpha value is -0.160.